The molecule has 2 aromatic rings. The molecule has 2 aliphatic rings. The molecule has 2 heterocycles. The number of rotatable bonds is 1. The smallest absolute Gasteiger partial charge is 0.229 e. The van der Waals surface area contributed by atoms with E-state index >= 15 is 0 Å². The Morgan fingerprint density at radius 1 is 1.23 bits per heavy atom. The van der Waals surface area contributed by atoms with Crippen LogP contribution in [0.3, 0.4) is 0 Å². The highest BCUT2D eigenvalue weighted by atomic mass is 19.1. The number of guanidine groups is 1. The fourth-order valence-corrected chi connectivity index (χ4v) is 4.41. The average Bonchev–Trinajstić information content (AvgIpc) is 2.53. The number of nitrogens with one attached hydrogen (secondary N) is 1. The Kier molecular flexibility index (Phi) is 3.61. The number of amides is 1. The number of carbonyl (C=O) groups is 1. The Bertz CT molecular complexity index is 937. The van der Waals surface area contributed by atoms with Crippen LogP contribution in [-0.4, -0.2) is 16.9 Å². The number of halogens is 1. The average molecular weight is 352 g/mol. The van der Waals surface area contributed by atoms with Crippen molar-refractivity contribution in [3.05, 3.63) is 53.6 Å². The largest absolute Gasteiger partial charge is 0.370 e. The van der Waals surface area contributed by atoms with Gasteiger partial charge in [-0.15, -0.1) is 0 Å². The highest BCUT2D eigenvalue weighted by Crippen LogP contribution is 2.50. The van der Waals surface area contributed by atoms with E-state index in [9.17, 15) is 9.18 Å². The number of aromatic nitrogens is 1. The van der Waals surface area contributed by atoms with E-state index < -0.39 is 11.5 Å². The van der Waals surface area contributed by atoms with E-state index in [1.54, 1.807) is 12.1 Å². The Balaban J connectivity index is 1.92. The molecule has 1 aliphatic carbocycles. The van der Waals surface area contributed by atoms with Crippen LogP contribution in [0, 0.1) is 11.4 Å². The summed E-state index contributed by atoms with van der Waals surface area (Å²) in [5.41, 5.74) is 8.42. The van der Waals surface area contributed by atoms with Gasteiger partial charge in [0.05, 0.1) is 12.0 Å². The second-order valence-electron chi connectivity index (χ2n) is 7.99. The molecule has 5 nitrogen and oxygen atoms in total. The predicted molar refractivity (Wildman–Crippen MR) is 97.8 cm³/mol. The highest BCUT2D eigenvalue weighted by molar-refractivity contribution is 5.99. The molecule has 0 fully saturated rings. The Morgan fingerprint density at radius 3 is 2.77 bits per heavy atom. The molecule has 1 atom stereocenters. The van der Waals surface area contributed by atoms with Crippen LogP contribution in [-0.2, 0) is 16.8 Å². The lowest BCUT2D eigenvalue weighted by molar-refractivity contribution is -0.121. The lowest BCUT2D eigenvalue weighted by Crippen LogP contribution is -2.50. The third-order valence-corrected chi connectivity index (χ3v) is 5.18. The number of carbonyl (C=O) groups excluding carboxylic acids is 1. The summed E-state index contributed by atoms with van der Waals surface area (Å²) in [6.07, 6.45) is 3.25. The molecule has 1 amide bonds. The SMILES string of the molecule is CC1(C)Cc2ccc(-c3cccnc3F)cc2C2(CC(=O)NC(N)=N2)C1. The number of hydrogen-bond donors (Lipinski definition) is 2. The molecule has 0 saturated heterocycles. The van der Waals surface area contributed by atoms with Crippen LogP contribution in [0.5, 0.6) is 0 Å². The lowest BCUT2D eigenvalue weighted by Gasteiger charge is -2.45. The van der Waals surface area contributed by atoms with E-state index in [2.05, 4.69) is 29.1 Å². The van der Waals surface area contributed by atoms with E-state index in [-0.39, 0.29) is 23.7 Å². The van der Waals surface area contributed by atoms with Crippen molar-refractivity contribution in [3.63, 3.8) is 0 Å². The van der Waals surface area contributed by atoms with Crippen LogP contribution >= 0.6 is 0 Å². The van der Waals surface area contributed by atoms with Crippen molar-refractivity contribution in [2.24, 2.45) is 16.1 Å². The van der Waals surface area contributed by atoms with Crippen molar-refractivity contribution in [3.8, 4) is 11.1 Å². The maximum atomic E-state index is 14.2. The monoisotopic (exact) mass is 352 g/mol. The van der Waals surface area contributed by atoms with Gasteiger partial charge in [-0.05, 0) is 53.1 Å². The van der Waals surface area contributed by atoms with Crippen LogP contribution in [0.2, 0.25) is 0 Å². The Labute approximate surface area is 151 Å². The maximum Gasteiger partial charge on any atom is 0.229 e. The molecule has 4 rings (SSSR count). The molecular formula is C20H21FN4O. The zero-order valence-corrected chi connectivity index (χ0v) is 14.8. The molecule has 1 aromatic heterocycles. The van der Waals surface area contributed by atoms with Crippen molar-refractivity contribution >= 4 is 11.9 Å². The zero-order chi connectivity index (χ0) is 18.5. The van der Waals surface area contributed by atoms with Crippen molar-refractivity contribution in [1.82, 2.24) is 10.3 Å². The Hall–Kier alpha value is -2.76. The molecule has 1 unspecified atom stereocenters. The molecule has 1 spiro atoms. The first-order valence-electron chi connectivity index (χ1n) is 8.68. The Morgan fingerprint density at radius 2 is 2.04 bits per heavy atom. The van der Waals surface area contributed by atoms with Gasteiger partial charge in [-0.3, -0.25) is 10.1 Å². The summed E-state index contributed by atoms with van der Waals surface area (Å²) in [5, 5.41) is 2.58. The minimum absolute atomic E-state index is 0.0184. The number of nitrogens with two attached hydrogens (primary N) is 1. The fourth-order valence-electron chi connectivity index (χ4n) is 4.41. The third kappa shape index (κ3) is 2.75. The van der Waals surface area contributed by atoms with Crippen LogP contribution in [0.15, 0.2) is 41.5 Å². The van der Waals surface area contributed by atoms with Crippen LogP contribution in [0.4, 0.5) is 4.39 Å². The van der Waals surface area contributed by atoms with E-state index in [1.807, 2.05) is 18.2 Å². The normalized spacial score (nSPS) is 24.0. The molecule has 26 heavy (non-hydrogen) atoms. The second-order valence-corrected chi connectivity index (χ2v) is 7.99. The zero-order valence-electron chi connectivity index (χ0n) is 14.8. The number of hydrogen-bond acceptors (Lipinski definition) is 4. The van der Waals surface area contributed by atoms with E-state index in [0.717, 1.165) is 23.1 Å². The van der Waals surface area contributed by atoms with Gasteiger partial charge in [0.15, 0.2) is 5.96 Å². The molecule has 6 heteroatoms. The first-order chi connectivity index (χ1) is 12.3. The van der Waals surface area contributed by atoms with Gasteiger partial charge in [0.25, 0.3) is 0 Å². The highest BCUT2D eigenvalue weighted by Gasteiger charge is 2.47. The van der Waals surface area contributed by atoms with E-state index in [4.69, 9.17) is 5.73 Å². The minimum atomic E-state index is -0.710. The molecule has 0 radical (unpaired) electrons. The van der Waals surface area contributed by atoms with Gasteiger partial charge in [0.1, 0.15) is 0 Å². The van der Waals surface area contributed by atoms with Gasteiger partial charge in [0.2, 0.25) is 11.9 Å². The van der Waals surface area contributed by atoms with Crippen molar-refractivity contribution < 1.29 is 9.18 Å². The van der Waals surface area contributed by atoms with Crippen LogP contribution in [0.1, 0.15) is 37.8 Å². The van der Waals surface area contributed by atoms with Gasteiger partial charge >= 0.3 is 0 Å². The van der Waals surface area contributed by atoms with Crippen LogP contribution in [0.25, 0.3) is 11.1 Å². The first-order valence-corrected chi connectivity index (χ1v) is 8.68. The molecular weight excluding hydrogens is 331 g/mol. The van der Waals surface area contributed by atoms with Crippen molar-refractivity contribution in [2.45, 2.75) is 38.6 Å². The number of pyridine rings is 1. The summed E-state index contributed by atoms with van der Waals surface area (Å²) in [4.78, 5) is 20.6. The number of benzene rings is 1. The van der Waals surface area contributed by atoms with Gasteiger partial charge in [-0.1, -0.05) is 26.0 Å². The molecule has 3 N–H and O–H groups in total. The van der Waals surface area contributed by atoms with Crippen LogP contribution < -0.4 is 11.1 Å². The standard InChI is InChI=1S/C20H21FN4O/c1-19(2)9-13-6-5-12(14-4-3-7-23-17(14)21)8-15(13)20(11-19)10-16(26)24-18(22)25-20/h3-8H,9-11H2,1-2H3,(H3,22,24,25,26). The van der Waals surface area contributed by atoms with Crippen molar-refractivity contribution in [2.75, 3.05) is 0 Å². The molecule has 1 aromatic carbocycles. The van der Waals surface area contributed by atoms with Gasteiger partial charge in [-0.25, -0.2) is 9.98 Å². The van der Waals surface area contributed by atoms with E-state index in [0.29, 0.717) is 12.0 Å². The number of fused-ring (bicyclic) bond motifs is 2. The molecule has 134 valence electrons. The van der Waals surface area contributed by atoms with Gasteiger partial charge < -0.3 is 5.73 Å². The number of nitrogens with zero attached hydrogens (tertiary/aromatic N) is 2. The number of aliphatic imine (C=N–C) groups is 1. The summed E-state index contributed by atoms with van der Waals surface area (Å²) in [7, 11) is 0. The molecule has 1 aliphatic heterocycles. The summed E-state index contributed by atoms with van der Waals surface area (Å²) < 4.78 is 14.2. The first kappa shape index (κ1) is 16.7. The fraction of sp³-hybridized carbons (Fsp3) is 0.350. The minimum Gasteiger partial charge on any atom is -0.370 e. The van der Waals surface area contributed by atoms with E-state index in [1.165, 1.54) is 6.20 Å². The topological polar surface area (TPSA) is 80.4 Å². The second kappa shape index (κ2) is 5.62. The summed E-state index contributed by atoms with van der Waals surface area (Å²) >= 11 is 0. The predicted octanol–water partition coefficient (Wildman–Crippen LogP) is 2.89. The lowest BCUT2D eigenvalue weighted by atomic mass is 9.63. The maximum absolute atomic E-state index is 14.2. The molecule has 0 bridgehead atoms. The van der Waals surface area contributed by atoms with Gasteiger partial charge in [-0.2, -0.15) is 4.39 Å². The van der Waals surface area contributed by atoms with Crippen molar-refractivity contribution in [1.29, 1.82) is 0 Å². The quantitative estimate of drug-likeness (QED) is 0.775. The summed E-state index contributed by atoms with van der Waals surface area (Å²) in [6, 6.07) is 9.28. The summed E-state index contributed by atoms with van der Waals surface area (Å²) in [5.74, 6) is -0.510. The third-order valence-electron chi connectivity index (χ3n) is 5.18. The van der Waals surface area contributed by atoms with Gasteiger partial charge in [0, 0.05) is 11.8 Å². The summed E-state index contributed by atoms with van der Waals surface area (Å²) in [6.45, 7) is 4.34. The molecule has 0 saturated carbocycles.